The molecule has 6 heteroatoms. The Hall–Kier alpha value is -2.50. The van der Waals surface area contributed by atoms with Gasteiger partial charge in [0.1, 0.15) is 23.1 Å². The smallest absolute Gasteiger partial charge is 0.243 e. The van der Waals surface area contributed by atoms with Crippen LogP contribution in [0.5, 0.6) is 5.75 Å². The van der Waals surface area contributed by atoms with E-state index in [4.69, 9.17) is 9.15 Å². The maximum absolute atomic E-state index is 12.5. The first-order chi connectivity index (χ1) is 11.7. The molecule has 136 valence electrons. The van der Waals surface area contributed by atoms with Crippen molar-refractivity contribution in [3.05, 3.63) is 29.5 Å². The molecule has 25 heavy (non-hydrogen) atoms. The molecule has 0 bridgehead atoms. The van der Waals surface area contributed by atoms with Gasteiger partial charge in [-0.2, -0.15) is 0 Å². The summed E-state index contributed by atoms with van der Waals surface area (Å²) in [5.41, 5.74) is 1.71. The van der Waals surface area contributed by atoms with Crippen molar-refractivity contribution in [1.82, 2.24) is 10.6 Å². The second kappa shape index (κ2) is 7.59. The molecule has 2 aromatic rings. The Balaban J connectivity index is 2.23. The Kier molecular flexibility index (Phi) is 5.72. The molecule has 0 saturated heterocycles. The van der Waals surface area contributed by atoms with Gasteiger partial charge >= 0.3 is 0 Å². The van der Waals surface area contributed by atoms with Gasteiger partial charge < -0.3 is 19.8 Å². The van der Waals surface area contributed by atoms with Crippen LogP contribution in [0.2, 0.25) is 0 Å². The van der Waals surface area contributed by atoms with Crippen molar-refractivity contribution in [2.75, 3.05) is 7.11 Å². The molecule has 1 aromatic carbocycles. The highest BCUT2D eigenvalue weighted by atomic mass is 16.5. The molecule has 0 radical (unpaired) electrons. The highest BCUT2D eigenvalue weighted by molar-refractivity contribution is 5.88. The molecule has 0 aliphatic rings. The van der Waals surface area contributed by atoms with Crippen LogP contribution in [-0.4, -0.2) is 25.0 Å². The van der Waals surface area contributed by atoms with Crippen molar-refractivity contribution < 1.29 is 18.7 Å². The van der Waals surface area contributed by atoms with E-state index in [1.165, 1.54) is 6.92 Å². The number of ether oxygens (including phenoxy) is 1. The Morgan fingerprint density at radius 2 is 1.84 bits per heavy atom. The fourth-order valence-corrected chi connectivity index (χ4v) is 2.88. The van der Waals surface area contributed by atoms with Crippen LogP contribution in [0, 0.1) is 12.8 Å². The highest BCUT2D eigenvalue weighted by Gasteiger charge is 2.26. The van der Waals surface area contributed by atoms with E-state index >= 15 is 0 Å². The second-order valence-corrected chi connectivity index (χ2v) is 6.61. The van der Waals surface area contributed by atoms with Gasteiger partial charge in [0.15, 0.2) is 0 Å². The average Bonchev–Trinajstić information content (AvgIpc) is 2.88. The third kappa shape index (κ3) is 4.13. The van der Waals surface area contributed by atoms with E-state index in [9.17, 15) is 9.59 Å². The quantitative estimate of drug-likeness (QED) is 0.842. The van der Waals surface area contributed by atoms with Crippen LogP contribution in [0.3, 0.4) is 0 Å². The van der Waals surface area contributed by atoms with E-state index in [-0.39, 0.29) is 23.8 Å². The van der Waals surface area contributed by atoms with Crippen LogP contribution in [0.1, 0.15) is 45.1 Å². The van der Waals surface area contributed by atoms with Crippen molar-refractivity contribution in [2.24, 2.45) is 5.92 Å². The van der Waals surface area contributed by atoms with E-state index in [0.29, 0.717) is 5.76 Å². The highest BCUT2D eigenvalue weighted by Crippen LogP contribution is 2.32. The maximum Gasteiger partial charge on any atom is 0.243 e. The summed E-state index contributed by atoms with van der Waals surface area (Å²) in [7, 11) is 1.62. The standard InChI is InChI=1S/C19H26N2O4/c1-10(2)17(21-13(5)22)19(23)20-12(4)18-11(3)15-9-14(24-6)7-8-16(15)25-18/h7-10,12,17H,1-6H3,(H,20,23)(H,21,22)/t12-,17-/m0/s1. The summed E-state index contributed by atoms with van der Waals surface area (Å²) < 4.78 is 11.2. The predicted molar refractivity (Wildman–Crippen MR) is 96.5 cm³/mol. The lowest BCUT2D eigenvalue weighted by Gasteiger charge is -2.23. The molecule has 6 nitrogen and oxygen atoms in total. The molecule has 2 amide bonds. The van der Waals surface area contributed by atoms with Gasteiger partial charge in [0.2, 0.25) is 11.8 Å². The zero-order valence-corrected chi connectivity index (χ0v) is 15.6. The Labute approximate surface area is 147 Å². The molecule has 1 aromatic heterocycles. The van der Waals surface area contributed by atoms with Gasteiger partial charge in [-0.05, 0) is 38.0 Å². The zero-order valence-electron chi connectivity index (χ0n) is 15.6. The van der Waals surface area contributed by atoms with Gasteiger partial charge in [0, 0.05) is 17.9 Å². The lowest BCUT2D eigenvalue weighted by atomic mass is 10.0. The number of hydrogen-bond donors (Lipinski definition) is 2. The Morgan fingerprint density at radius 3 is 2.40 bits per heavy atom. The monoisotopic (exact) mass is 346 g/mol. The number of methoxy groups -OCH3 is 1. The molecule has 0 aliphatic heterocycles. The molecule has 2 N–H and O–H groups in total. The van der Waals surface area contributed by atoms with Crippen LogP contribution in [0.25, 0.3) is 11.0 Å². The van der Waals surface area contributed by atoms with E-state index < -0.39 is 6.04 Å². The first-order valence-corrected chi connectivity index (χ1v) is 8.39. The minimum atomic E-state index is -0.579. The second-order valence-electron chi connectivity index (χ2n) is 6.61. The molecule has 0 spiro atoms. The number of amides is 2. The summed E-state index contributed by atoms with van der Waals surface area (Å²) in [5, 5.41) is 6.58. The fourth-order valence-electron chi connectivity index (χ4n) is 2.88. The number of rotatable bonds is 6. The van der Waals surface area contributed by atoms with Gasteiger partial charge in [-0.15, -0.1) is 0 Å². The topological polar surface area (TPSA) is 80.6 Å². The molecule has 0 fully saturated rings. The van der Waals surface area contributed by atoms with E-state index in [1.807, 2.05) is 45.9 Å². The van der Waals surface area contributed by atoms with Crippen LogP contribution in [0.4, 0.5) is 0 Å². The largest absolute Gasteiger partial charge is 0.497 e. The van der Waals surface area contributed by atoms with Crippen LogP contribution in [-0.2, 0) is 9.59 Å². The minimum absolute atomic E-state index is 0.0165. The number of hydrogen-bond acceptors (Lipinski definition) is 4. The first kappa shape index (κ1) is 18.8. The Bertz CT molecular complexity index is 779. The van der Waals surface area contributed by atoms with Crippen molar-refractivity contribution in [3.8, 4) is 5.75 Å². The summed E-state index contributed by atoms with van der Waals surface area (Å²) in [4.78, 5) is 23.9. The molecule has 2 atom stereocenters. The number of nitrogens with one attached hydrogen (secondary N) is 2. The molecule has 0 saturated carbocycles. The number of furan rings is 1. The molecule has 0 aliphatic carbocycles. The minimum Gasteiger partial charge on any atom is -0.497 e. The van der Waals surface area contributed by atoms with Crippen LogP contribution in [0.15, 0.2) is 22.6 Å². The van der Waals surface area contributed by atoms with Gasteiger partial charge in [0.25, 0.3) is 0 Å². The normalized spacial score (nSPS) is 13.6. The van der Waals surface area contributed by atoms with Crippen molar-refractivity contribution in [3.63, 3.8) is 0 Å². The van der Waals surface area contributed by atoms with Crippen molar-refractivity contribution >= 4 is 22.8 Å². The SMILES string of the molecule is COc1ccc2oc([C@H](C)NC(=O)[C@@H](NC(C)=O)C(C)C)c(C)c2c1. The summed E-state index contributed by atoms with van der Waals surface area (Å²) >= 11 is 0. The van der Waals surface area contributed by atoms with Crippen LogP contribution >= 0.6 is 0 Å². The molecular weight excluding hydrogens is 320 g/mol. The first-order valence-electron chi connectivity index (χ1n) is 8.39. The summed E-state index contributed by atoms with van der Waals surface area (Å²) in [5.74, 6) is 0.980. The summed E-state index contributed by atoms with van der Waals surface area (Å²) in [6.07, 6.45) is 0. The van der Waals surface area contributed by atoms with Crippen LogP contribution < -0.4 is 15.4 Å². The lowest BCUT2D eigenvalue weighted by molar-refractivity contribution is -0.129. The van der Waals surface area contributed by atoms with Gasteiger partial charge in [-0.25, -0.2) is 0 Å². The van der Waals surface area contributed by atoms with Crippen molar-refractivity contribution in [1.29, 1.82) is 0 Å². The number of aryl methyl sites for hydroxylation is 1. The Morgan fingerprint density at radius 1 is 1.16 bits per heavy atom. The van der Waals surface area contributed by atoms with E-state index in [0.717, 1.165) is 22.3 Å². The number of fused-ring (bicyclic) bond motifs is 1. The van der Waals surface area contributed by atoms with Gasteiger partial charge in [-0.3, -0.25) is 9.59 Å². The number of carbonyl (C=O) groups excluding carboxylic acids is 2. The third-order valence-corrected chi connectivity index (χ3v) is 4.24. The number of benzene rings is 1. The summed E-state index contributed by atoms with van der Waals surface area (Å²) in [6.45, 7) is 9.01. The molecule has 1 heterocycles. The molecular formula is C19H26N2O4. The van der Waals surface area contributed by atoms with E-state index in [2.05, 4.69) is 10.6 Å². The predicted octanol–water partition coefficient (Wildman–Crippen LogP) is 3.09. The lowest BCUT2D eigenvalue weighted by Crippen LogP contribution is -2.49. The third-order valence-electron chi connectivity index (χ3n) is 4.24. The average molecular weight is 346 g/mol. The van der Waals surface area contributed by atoms with Gasteiger partial charge in [0.05, 0.1) is 13.2 Å². The maximum atomic E-state index is 12.5. The fraction of sp³-hybridized carbons (Fsp3) is 0.474. The summed E-state index contributed by atoms with van der Waals surface area (Å²) in [6, 6.07) is 4.71. The molecule has 0 unspecified atom stereocenters. The zero-order chi connectivity index (χ0) is 18.7. The van der Waals surface area contributed by atoms with E-state index in [1.54, 1.807) is 7.11 Å². The van der Waals surface area contributed by atoms with Crippen molar-refractivity contribution in [2.45, 2.75) is 46.7 Å². The molecule has 2 rings (SSSR count). The number of carbonyl (C=O) groups is 2. The van der Waals surface area contributed by atoms with Gasteiger partial charge in [-0.1, -0.05) is 13.8 Å².